The zero-order valence-corrected chi connectivity index (χ0v) is 12.9. The summed E-state index contributed by atoms with van der Waals surface area (Å²) in [5, 5.41) is 27.1. The van der Waals surface area contributed by atoms with Crippen molar-refractivity contribution in [3.8, 4) is 0 Å². The highest BCUT2D eigenvalue weighted by molar-refractivity contribution is 5.92. The molecule has 122 valence electrons. The monoisotopic (exact) mass is 317 g/mol. The van der Waals surface area contributed by atoms with E-state index in [9.17, 15) is 15.0 Å². The Morgan fingerprint density at radius 1 is 1.35 bits per heavy atom. The van der Waals surface area contributed by atoms with Crippen LogP contribution in [0.3, 0.4) is 0 Å². The summed E-state index contributed by atoms with van der Waals surface area (Å²) in [6, 6.07) is 1.05. The van der Waals surface area contributed by atoms with Crippen molar-refractivity contribution in [1.82, 2.24) is 25.1 Å². The van der Waals surface area contributed by atoms with E-state index in [4.69, 9.17) is 0 Å². The number of nitrogens with zero attached hydrogens (tertiary/aromatic N) is 4. The quantitative estimate of drug-likeness (QED) is 0.705. The van der Waals surface area contributed by atoms with Gasteiger partial charge in [0.15, 0.2) is 0 Å². The predicted octanol–water partition coefficient (Wildman–Crippen LogP) is -0.474. The largest absolute Gasteiger partial charge is 0.390 e. The van der Waals surface area contributed by atoms with Crippen LogP contribution in [0.1, 0.15) is 34.1 Å². The summed E-state index contributed by atoms with van der Waals surface area (Å²) in [4.78, 5) is 20.3. The maximum atomic E-state index is 12.4. The Bertz CT molecular complexity index is 683. The lowest BCUT2D eigenvalue weighted by Gasteiger charge is -2.22. The second kappa shape index (κ2) is 6.05. The Morgan fingerprint density at radius 2 is 2.04 bits per heavy atom. The molecule has 23 heavy (non-hydrogen) atoms. The van der Waals surface area contributed by atoms with Gasteiger partial charge in [-0.25, -0.2) is 9.97 Å². The van der Waals surface area contributed by atoms with Gasteiger partial charge in [0.1, 0.15) is 18.1 Å². The molecule has 1 aliphatic rings. The van der Waals surface area contributed by atoms with Gasteiger partial charge < -0.3 is 15.5 Å². The van der Waals surface area contributed by atoms with Crippen LogP contribution in [0.2, 0.25) is 0 Å². The lowest BCUT2D eigenvalue weighted by atomic mass is 9.96. The van der Waals surface area contributed by atoms with E-state index in [1.807, 2.05) is 6.92 Å². The molecule has 1 aliphatic carbocycles. The van der Waals surface area contributed by atoms with E-state index in [1.54, 1.807) is 30.2 Å². The number of carbonyl (C=O) groups excluding carboxylic acids is 1. The van der Waals surface area contributed by atoms with E-state index in [0.29, 0.717) is 6.42 Å². The van der Waals surface area contributed by atoms with Crippen LogP contribution in [-0.2, 0) is 7.05 Å². The van der Waals surface area contributed by atoms with Gasteiger partial charge in [-0.3, -0.25) is 9.48 Å². The van der Waals surface area contributed by atoms with Crippen molar-refractivity contribution in [2.45, 2.75) is 37.5 Å². The maximum absolute atomic E-state index is 12.4. The van der Waals surface area contributed by atoms with Crippen LogP contribution in [0.4, 0.5) is 0 Å². The number of carbonyl (C=O) groups is 1. The fourth-order valence-electron chi connectivity index (χ4n) is 2.95. The Hall–Kier alpha value is -2.32. The van der Waals surface area contributed by atoms with Crippen molar-refractivity contribution in [2.75, 3.05) is 0 Å². The number of nitrogens with one attached hydrogen (secondary N) is 1. The van der Waals surface area contributed by atoms with Crippen LogP contribution in [-0.4, -0.2) is 54.1 Å². The molecule has 0 radical (unpaired) electrons. The van der Waals surface area contributed by atoms with Gasteiger partial charge in [0.2, 0.25) is 0 Å². The molecule has 2 aromatic rings. The molecule has 2 aromatic heterocycles. The summed E-state index contributed by atoms with van der Waals surface area (Å²) in [5.41, 5.74) is 1.91. The zero-order chi connectivity index (χ0) is 16.6. The van der Waals surface area contributed by atoms with Crippen molar-refractivity contribution in [3.05, 3.63) is 41.7 Å². The Labute approximate surface area is 133 Å². The molecule has 0 aromatic carbocycles. The third-order valence-electron chi connectivity index (χ3n) is 4.34. The number of amides is 1. The molecular weight excluding hydrogens is 298 g/mol. The van der Waals surface area contributed by atoms with Crippen LogP contribution >= 0.6 is 0 Å². The molecule has 0 aliphatic heterocycles. The second-order valence-corrected chi connectivity index (χ2v) is 5.87. The van der Waals surface area contributed by atoms with E-state index >= 15 is 0 Å². The van der Waals surface area contributed by atoms with Gasteiger partial charge >= 0.3 is 0 Å². The number of aliphatic hydroxyl groups excluding tert-OH is 2. The summed E-state index contributed by atoms with van der Waals surface area (Å²) < 4.78 is 1.61. The lowest BCUT2D eigenvalue weighted by Crippen LogP contribution is -2.45. The maximum Gasteiger partial charge on any atom is 0.272 e. The number of hydrogen-bond acceptors (Lipinski definition) is 6. The number of aliphatic hydroxyl groups is 2. The van der Waals surface area contributed by atoms with Crippen LogP contribution in [0.15, 0.2) is 24.8 Å². The SMILES string of the molecule is Cc1cc(C(=O)NC2C(c3cncnc3)CC(O)C2O)nn1C. The number of aryl methyl sites for hydroxylation is 2. The van der Waals surface area contributed by atoms with Crippen molar-refractivity contribution in [2.24, 2.45) is 7.05 Å². The fourth-order valence-corrected chi connectivity index (χ4v) is 2.95. The molecule has 0 saturated heterocycles. The molecule has 0 bridgehead atoms. The molecule has 1 saturated carbocycles. The van der Waals surface area contributed by atoms with Gasteiger partial charge in [-0.2, -0.15) is 5.10 Å². The highest BCUT2D eigenvalue weighted by Gasteiger charge is 2.43. The summed E-state index contributed by atoms with van der Waals surface area (Å²) >= 11 is 0. The highest BCUT2D eigenvalue weighted by atomic mass is 16.3. The molecule has 1 amide bonds. The average molecular weight is 317 g/mol. The van der Waals surface area contributed by atoms with Crippen LogP contribution in [0.5, 0.6) is 0 Å². The third kappa shape index (κ3) is 2.95. The van der Waals surface area contributed by atoms with Gasteiger partial charge in [0.25, 0.3) is 5.91 Å². The minimum Gasteiger partial charge on any atom is -0.390 e. The average Bonchev–Trinajstić information content (AvgIpc) is 3.02. The standard InChI is InChI=1S/C15H19N5O3/c1-8-3-11(19-20(8)2)15(23)18-13-10(4-12(21)14(13)22)9-5-16-7-17-6-9/h3,5-7,10,12-14,21-22H,4H2,1-2H3,(H,18,23). The zero-order valence-electron chi connectivity index (χ0n) is 12.9. The van der Waals surface area contributed by atoms with Crippen LogP contribution in [0, 0.1) is 6.92 Å². The van der Waals surface area contributed by atoms with E-state index in [0.717, 1.165) is 11.3 Å². The first-order chi connectivity index (χ1) is 11.0. The Morgan fingerprint density at radius 3 is 2.65 bits per heavy atom. The minimum atomic E-state index is -1.05. The van der Waals surface area contributed by atoms with Crippen molar-refractivity contribution < 1.29 is 15.0 Å². The van der Waals surface area contributed by atoms with E-state index in [2.05, 4.69) is 20.4 Å². The summed E-state index contributed by atoms with van der Waals surface area (Å²) in [7, 11) is 1.75. The van der Waals surface area contributed by atoms with Crippen molar-refractivity contribution in [3.63, 3.8) is 0 Å². The Balaban J connectivity index is 1.82. The molecule has 8 nitrogen and oxygen atoms in total. The van der Waals surface area contributed by atoms with E-state index in [-0.39, 0.29) is 17.5 Å². The summed E-state index contributed by atoms with van der Waals surface area (Å²) in [6.07, 6.45) is 3.06. The molecule has 8 heteroatoms. The highest BCUT2D eigenvalue weighted by Crippen LogP contribution is 2.34. The first-order valence-electron chi connectivity index (χ1n) is 7.40. The number of hydrogen-bond donors (Lipinski definition) is 3. The number of aromatic nitrogens is 4. The van der Waals surface area contributed by atoms with Crippen LogP contribution in [0.25, 0.3) is 0 Å². The predicted molar refractivity (Wildman–Crippen MR) is 80.6 cm³/mol. The molecular formula is C15H19N5O3. The Kier molecular flexibility index (Phi) is 4.10. The molecule has 3 rings (SSSR count). The molecule has 0 spiro atoms. The summed E-state index contributed by atoms with van der Waals surface area (Å²) in [6.45, 7) is 1.85. The molecule has 2 heterocycles. The lowest BCUT2D eigenvalue weighted by molar-refractivity contribution is 0.0294. The first kappa shape index (κ1) is 15.6. The minimum absolute atomic E-state index is 0.255. The molecule has 4 unspecified atom stereocenters. The van der Waals surface area contributed by atoms with Gasteiger partial charge in [-0.1, -0.05) is 0 Å². The van der Waals surface area contributed by atoms with E-state index in [1.165, 1.54) is 6.33 Å². The van der Waals surface area contributed by atoms with Gasteiger partial charge in [-0.15, -0.1) is 0 Å². The fraction of sp³-hybridized carbons (Fsp3) is 0.467. The van der Waals surface area contributed by atoms with Crippen LogP contribution < -0.4 is 5.32 Å². The van der Waals surface area contributed by atoms with Gasteiger partial charge in [0.05, 0.1) is 12.1 Å². The van der Waals surface area contributed by atoms with Gasteiger partial charge in [0, 0.05) is 31.1 Å². The second-order valence-electron chi connectivity index (χ2n) is 5.87. The first-order valence-corrected chi connectivity index (χ1v) is 7.40. The van der Waals surface area contributed by atoms with Crippen molar-refractivity contribution in [1.29, 1.82) is 0 Å². The molecule has 3 N–H and O–H groups in total. The number of rotatable bonds is 3. The summed E-state index contributed by atoms with van der Waals surface area (Å²) in [5.74, 6) is -0.636. The third-order valence-corrected chi connectivity index (χ3v) is 4.34. The normalized spacial score (nSPS) is 27.1. The molecule has 1 fully saturated rings. The van der Waals surface area contributed by atoms with Gasteiger partial charge in [-0.05, 0) is 25.0 Å². The van der Waals surface area contributed by atoms with Crippen molar-refractivity contribution >= 4 is 5.91 Å². The van der Waals surface area contributed by atoms with E-state index < -0.39 is 18.2 Å². The smallest absolute Gasteiger partial charge is 0.272 e. The topological polar surface area (TPSA) is 113 Å². The molecule has 4 atom stereocenters.